The standard InChI is InChI=1S/C16H21ClN2O5S/c17-12-6-8-13(9-7-12)25(23,24)19(11-3-5-15(20)21)14-4-1-2-10-18-16(14)22/h6-9,14H,1-5,10-11H2,(H,18,22)(H,20,21). The van der Waals surface area contributed by atoms with Gasteiger partial charge in [-0.3, -0.25) is 9.59 Å². The number of halogens is 1. The first-order chi connectivity index (χ1) is 11.8. The Balaban J connectivity index is 2.33. The zero-order valence-electron chi connectivity index (χ0n) is 13.7. The number of benzene rings is 1. The minimum absolute atomic E-state index is 0.0317. The fourth-order valence-corrected chi connectivity index (χ4v) is 4.55. The van der Waals surface area contributed by atoms with E-state index in [0.717, 1.165) is 17.1 Å². The number of carboxylic acid groups (broad SMARTS) is 1. The molecule has 1 unspecified atom stereocenters. The van der Waals surface area contributed by atoms with Crippen molar-refractivity contribution in [2.45, 2.75) is 43.0 Å². The normalized spacial score (nSPS) is 18.6. The fourth-order valence-electron chi connectivity index (χ4n) is 2.77. The van der Waals surface area contributed by atoms with Crippen molar-refractivity contribution in [3.8, 4) is 0 Å². The second-order valence-electron chi connectivity index (χ2n) is 5.87. The number of nitrogens with zero attached hydrogens (tertiary/aromatic N) is 1. The highest BCUT2D eigenvalue weighted by Gasteiger charge is 2.36. The van der Waals surface area contributed by atoms with Crippen molar-refractivity contribution in [1.82, 2.24) is 9.62 Å². The molecular weight excluding hydrogens is 368 g/mol. The second-order valence-corrected chi connectivity index (χ2v) is 8.20. The topological polar surface area (TPSA) is 104 Å². The summed E-state index contributed by atoms with van der Waals surface area (Å²) in [5.74, 6) is -1.35. The van der Waals surface area contributed by atoms with Crippen LogP contribution < -0.4 is 5.32 Å². The lowest BCUT2D eigenvalue weighted by Crippen LogP contribution is -2.49. The lowest BCUT2D eigenvalue weighted by Gasteiger charge is -2.29. The summed E-state index contributed by atoms with van der Waals surface area (Å²) in [7, 11) is -3.94. The van der Waals surface area contributed by atoms with Gasteiger partial charge in [0.25, 0.3) is 0 Å². The quantitative estimate of drug-likeness (QED) is 0.742. The molecule has 138 valence electrons. The van der Waals surface area contributed by atoms with Gasteiger partial charge in [0, 0.05) is 24.5 Å². The van der Waals surface area contributed by atoms with E-state index in [2.05, 4.69) is 5.32 Å². The van der Waals surface area contributed by atoms with Gasteiger partial charge in [-0.2, -0.15) is 4.31 Å². The maximum atomic E-state index is 13.0. The third-order valence-electron chi connectivity index (χ3n) is 4.04. The predicted molar refractivity (Wildman–Crippen MR) is 92.9 cm³/mol. The van der Waals surface area contributed by atoms with Crippen molar-refractivity contribution in [3.05, 3.63) is 29.3 Å². The van der Waals surface area contributed by atoms with Gasteiger partial charge in [-0.05, 0) is 49.9 Å². The molecule has 1 atom stereocenters. The Kier molecular flexibility index (Phi) is 6.80. The van der Waals surface area contributed by atoms with E-state index in [9.17, 15) is 18.0 Å². The highest BCUT2D eigenvalue weighted by Crippen LogP contribution is 2.24. The molecule has 1 saturated heterocycles. The van der Waals surface area contributed by atoms with Gasteiger partial charge < -0.3 is 10.4 Å². The number of carboxylic acids is 1. The minimum Gasteiger partial charge on any atom is -0.481 e. The maximum absolute atomic E-state index is 13.0. The molecule has 7 nitrogen and oxygen atoms in total. The lowest BCUT2D eigenvalue weighted by atomic mass is 10.1. The lowest BCUT2D eigenvalue weighted by molar-refractivity contribution is -0.137. The van der Waals surface area contributed by atoms with Crippen molar-refractivity contribution in [2.24, 2.45) is 0 Å². The van der Waals surface area contributed by atoms with Gasteiger partial charge in [-0.25, -0.2) is 8.42 Å². The molecule has 1 fully saturated rings. The Morgan fingerprint density at radius 1 is 1.28 bits per heavy atom. The molecule has 0 aliphatic carbocycles. The van der Waals surface area contributed by atoms with Crippen LogP contribution in [-0.4, -0.2) is 48.8 Å². The summed E-state index contributed by atoms with van der Waals surface area (Å²) in [5, 5.41) is 12.0. The number of amides is 1. The molecule has 0 radical (unpaired) electrons. The van der Waals surface area contributed by atoms with Crippen LogP contribution >= 0.6 is 11.6 Å². The molecule has 0 spiro atoms. The van der Waals surface area contributed by atoms with Crippen LogP contribution in [0.4, 0.5) is 0 Å². The van der Waals surface area contributed by atoms with Gasteiger partial charge in [0.05, 0.1) is 4.90 Å². The zero-order valence-corrected chi connectivity index (χ0v) is 15.2. The molecular formula is C16H21ClN2O5S. The number of hydrogen-bond acceptors (Lipinski definition) is 4. The highest BCUT2D eigenvalue weighted by atomic mass is 35.5. The molecule has 0 bridgehead atoms. The van der Waals surface area contributed by atoms with Gasteiger partial charge in [0.1, 0.15) is 6.04 Å². The summed E-state index contributed by atoms with van der Waals surface area (Å²) in [6.45, 7) is 0.481. The first kappa shape index (κ1) is 19.7. The zero-order chi connectivity index (χ0) is 18.4. The molecule has 1 amide bonds. The van der Waals surface area contributed by atoms with E-state index in [1.165, 1.54) is 24.3 Å². The number of hydrogen-bond donors (Lipinski definition) is 2. The molecule has 1 heterocycles. The largest absolute Gasteiger partial charge is 0.481 e. The van der Waals surface area contributed by atoms with E-state index >= 15 is 0 Å². The summed E-state index contributed by atoms with van der Waals surface area (Å²) >= 11 is 5.82. The fraction of sp³-hybridized carbons (Fsp3) is 0.500. The first-order valence-corrected chi connectivity index (χ1v) is 9.91. The van der Waals surface area contributed by atoms with E-state index in [0.29, 0.717) is 18.0 Å². The summed E-state index contributed by atoms with van der Waals surface area (Å²) in [6, 6.07) is 4.87. The van der Waals surface area contributed by atoms with Crippen molar-refractivity contribution in [2.75, 3.05) is 13.1 Å². The molecule has 0 aromatic heterocycles. The number of nitrogens with one attached hydrogen (secondary N) is 1. The Labute approximate surface area is 152 Å². The number of sulfonamides is 1. The van der Waals surface area contributed by atoms with Crippen molar-refractivity contribution >= 4 is 33.5 Å². The summed E-state index contributed by atoms with van der Waals surface area (Å²) in [4.78, 5) is 23.1. The summed E-state index contributed by atoms with van der Waals surface area (Å²) < 4.78 is 27.2. The molecule has 1 aliphatic rings. The van der Waals surface area contributed by atoms with Crippen LogP contribution in [-0.2, 0) is 19.6 Å². The highest BCUT2D eigenvalue weighted by molar-refractivity contribution is 7.89. The third kappa shape index (κ3) is 5.17. The Hall–Kier alpha value is -1.64. The number of rotatable bonds is 7. The van der Waals surface area contributed by atoms with E-state index in [1.54, 1.807) is 0 Å². The predicted octanol–water partition coefficient (Wildman–Crippen LogP) is 1.86. The van der Waals surface area contributed by atoms with Crippen LogP contribution in [0.25, 0.3) is 0 Å². The molecule has 1 aromatic carbocycles. The Morgan fingerprint density at radius 2 is 1.96 bits per heavy atom. The average Bonchev–Trinajstić information content (AvgIpc) is 2.76. The molecule has 2 N–H and O–H groups in total. The van der Waals surface area contributed by atoms with Crippen LogP contribution in [0.5, 0.6) is 0 Å². The Morgan fingerprint density at radius 3 is 2.60 bits per heavy atom. The second kappa shape index (κ2) is 8.64. The number of aliphatic carboxylic acids is 1. The molecule has 1 aromatic rings. The Bertz CT molecular complexity index is 721. The van der Waals surface area contributed by atoms with Gasteiger partial charge in [0.15, 0.2) is 0 Å². The molecule has 2 rings (SSSR count). The molecule has 9 heteroatoms. The first-order valence-electron chi connectivity index (χ1n) is 8.09. The van der Waals surface area contributed by atoms with Gasteiger partial charge in [-0.1, -0.05) is 11.6 Å². The van der Waals surface area contributed by atoms with E-state index < -0.39 is 22.0 Å². The minimum atomic E-state index is -3.94. The van der Waals surface area contributed by atoms with Gasteiger partial charge in [-0.15, -0.1) is 0 Å². The molecule has 1 aliphatic heterocycles. The summed E-state index contributed by atoms with van der Waals surface area (Å²) in [5.41, 5.74) is 0. The van der Waals surface area contributed by atoms with Gasteiger partial charge in [0.2, 0.25) is 15.9 Å². The van der Waals surface area contributed by atoms with Crippen molar-refractivity contribution in [3.63, 3.8) is 0 Å². The monoisotopic (exact) mass is 388 g/mol. The van der Waals surface area contributed by atoms with Crippen molar-refractivity contribution < 1.29 is 23.1 Å². The van der Waals surface area contributed by atoms with E-state index in [1.807, 2.05) is 0 Å². The van der Waals surface area contributed by atoms with Crippen LogP contribution in [0.3, 0.4) is 0 Å². The number of carbonyl (C=O) groups is 2. The van der Waals surface area contributed by atoms with Crippen LogP contribution in [0.1, 0.15) is 32.1 Å². The average molecular weight is 389 g/mol. The van der Waals surface area contributed by atoms with E-state index in [4.69, 9.17) is 16.7 Å². The van der Waals surface area contributed by atoms with Crippen LogP contribution in [0.15, 0.2) is 29.2 Å². The summed E-state index contributed by atoms with van der Waals surface area (Å²) in [6.07, 6.45) is 1.87. The maximum Gasteiger partial charge on any atom is 0.303 e. The van der Waals surface area contributed by atoms with E-state index in [-0.39, 0.29) is 30.2 Å². The molecule has 25 heavy (non-hydrogen) atoms. The SMILES string of the molecule is O=C(O)CCCN(C1CCCCNC1=O)S(=O)(=O)c1ccc(Cl)cc1. The third-order valence-corrected chi connectivity index (χ3v) is 6.22. The van der Waals surface area contributed by atoms with Crippen LogP contribution in [0, 0.1) is 0 Å². The smallest absolute Gasteiger partial charge is 0.303 e. The van der Waals surface area contributed by atoms with Gasteiger partial charge >= 0.3 is 5.97 Å². The van der Waals surface area contributed by atoms with Crippen molar-refractivity contribution in [1.29, 1.82) is 0 Å². The number of carbonyl (C=O) groups excluding carboxylic acids is 1. The van der Waals surface area contributed by atoms with Crippen LogP contribution in [0.2, 0.25) is 5.02 Å². The molecule has 0 saturated carbocycles.